The van der Waals surface area contributed by atoms with Crippen molar-refractivity contribution in [1.82, 2.24) is 5.32 Å². The zero-order valence-corrected chi connectivity index (χ0v) is 9.05. The van der Waals surface area contributed by atoms with Crippen LogP contribution in [0.25, 0.3) is 0 Å². The van der Waals surface area contributed by atoms with Crippen LogP contribution in [0.4, 0.5) is 4.39 Å². The van der Waals surface area contributed by atoms with Gasteiger partial charge in [-0.2, -0.15) is 0 Å². The second-order valence-electron chi connectivity index (χ2n) is 4.84. The fraction of sp³-hybridized carbons (Fsp3) is 0.462. The summed E-state index contributed by atoms with van der Waals surface area (Å²) >= 11 is 0. The summed E-state index contributed by atoms with van der Waals surface area (Å²) in [5, 5.41) is 3.27. The second-order valence-corrected chi connectivity index (χ2v) is 4.84. The van der Waals surface area contributed by atoms with Crippen molar-refractivity contribution in [2.75, 3.05) is 13.1 Å². The largest absolute Gasteiger partial charge is 0.317 e. The van der Waals surface area contributed by atoms with Gasteiger partial charge < -0.3 is 5.32 Å². The maximum absolute atomic E-state index is 13.1. The first kappa shape index (κ1) is 9.97. The Morgan fingerprint density at radius 1 is 1.25 bits per heavy atom. The average molecular weight is 219 g/mol. The highest BCUT2D eigenvalue weighted by atomic mass is 19.1. The van der Waals surface area contributed by atoms with Gasteiger partial charge in [0.05, 0.1) is 0 Å². The highest BCUT2D eigenvalue weighted by molar-refractivity contribution is 6.05. The summed E-state index contributed by atoms with van der Waals surface area (Å²) < 4.78 is 13.1. The Kier molecular flexibility index (Phi) is 2.11. The van der Waals surface area contributed by atoms with Gasteiger partial charge in [-0.25, -0.2) is 4.39 Å². The Balaban J connectivity index is 2.02. The average Bonchev–Trinajstić information content (AvgIpc) is 2.55. The van der Waals surface area contributed by atoms with Gasteiger partial charge in [0.15, 0.2) is 5.78 Å². The van der Waals surface area contributed by atoms with Gasteiger partial charge in [-0.05, 0) is 50.0 Å². The number of rotatable bonds is 0. The van der Waals surface area contributed by atoms with E-state index in [1.807, 2.05) is 0 Å². The van der Waals surface area contributed by atoms with Gasteiger partial charge >= 0.3 is 0 Å². The number of benzene rings is 1. The quantitative estimate of drug-likeness (QED) is 0.722. The summed E-state index contributed by atoms with van der Waals surface area (Å²) in [5.41, 5.74) is 1.40. The van der Waals surface area contributed by atoms with Crippen LogP contribution in [-0.4, -0.2) is 18.9 Å². The molecule has 84 valence electrons. The van der Waals surface area contributed by atoms with E-state index in [1.165, 1.54) is 12.1 Å². The molecule has 1 aromatic carbocycles. The van der Waals surface area contributed by atoms with Crippen LogP contribution in [0, 0.1) is 11.2 Å². The molecule has 1 heterocycles. The Morgan fingerprint density at radius 2 is 2.00 bits per heavy atom. The van der Waals surface area contributed by atoms with E-state index in [-0.39, 0.29) is 17.0 Å². The van der Waals surface area contributed by atoms with Crippen molar-refractivity contribution < 1.29 is 9.18 Å². The molecule has 0 radical (unpaired) electrons. The third-order valence-electron chi connectivity index (χ3n) is 3.89. The highest BCUT2D eigenvalue weighted by Crippen LogP contribution is 2.43. The number of hydrogen-bond acceptors (Lipinski definition) is 2. The zero-order chi connectivity index (χ0) is 11.2. The Labute approximate surface area is 93.9 Å². The van der Waals surface area contributed by atoms with Crippen molar-refractivity contribution in [2.24, 2.45) is 5.41 Å². The number of hydrogen-bond donors (Lipinski definition) is 1. The van der Waals surface area contributed by atoms with Crippen LogP contribution in [0.5, 0.6) is 0 Å². The summed E-state index contributed by atoms with van der Waals surface area (Å²) in [6.45, 7) is 1.78. The van der Waals surface area contributed by atoms with Crippen LogP contribution in [0.15, 0.2) is 18.2 Å². The van der Waals surface area contributed by atoms with E-state index in [0.717, 1.165) is 37.9 Å². The molecule has 0 aromatic heterocycles. The predicted octanol–water partition coefficient (Wildman–Crippen LogP) is 1.93. The number of nitrogens with one attached hydrogen (secondary N) is 1. The third-order valence-corrected chi connectivity index (χ3v) is 3.89. The predicted molar refractivity (Wildman–Crippen MR) is 59.0 cm³/mol. The number of carbonyl (C=O) groups is 1. The van der Waals surface area contributed by atoms with E-state index in [0.29, 0.717) is 5.56 Å². The monoisotopic (exact) mass is 219 g/mol. The molecular weight excluding hydrogens is 205 g/mol. The maximum Gasteiger partial charge on any atom is 0.169 e. The van der Waals surface area contributed by atoms with Crippen LogP contribution in [0.1, 0.15) is 28.8 Å². The van der Waals surface area contributed by atoms with Crippen LogP contribution in [0.3, 0.4) is 0 Å². The molecule has 1 fully saturated rings. The van der Waals surface area contributed by atoms with Gasteiger partial charge in [-0.1, -0.05) is 6.07 Å². The van der Waals surface area contributed by atoms with Crippen LogP contribution in [-0.2, 0) is 6.42 Å². The SMILES string of the molecule is O=C1c2cc(F)ccc2CC12CCNCC2. The van der Waals surface area contributed by atoms with Crippen molar-refractivity contribution in [1.29, 1.82) is 0 Å². The summed E-state index contributed by atoms with van der Waals surface area (Å²) in [5.74, 6) is -0.151. The number of piperidine rings is 1. The van der Waals surface area contributed by atoms with Gasteiger partial charge in [0.2, 0.25) is 0 Å². The molecule has 1 aliphatic heterocycles. The molecular formula is C13H14FNO. The lowest BCUT2D eigenvalue weighted by Crippen LogP contribution is -2.40. The molecule has 1 aromatic rings. The molecule has 1 aliphatic carbocycles. The number of fused-ring (bicyclic) bond motifs is 1. The van der Waals surface area contributed by atoms with Gasteiger partial charge in [0.1, 0.15) is 5.82 Å². The maximum atomic E-state index is 13.1. The standard InChI is InChI=1S/C13H14FNO/c14-10-2-1-9-8-13(3-5-15-6-4-13)12(16)11(9)7-10/h1-2,7,15H,3-6,8H2. The molecule has 0 amide bonds. The molecule has 0 atom stereocenters. The molecule has 0 bridgehead atoms. The normalized spacial score (nSPS) is 22.4. The lowest BCUT2D eigenvalue weighted by molar-refractivity contribution is 0.0761. The van der Waals surface area contributed by atoms with Gasteiger partial charge in [-0.3, -0.25) is 4.79 Å². The third kappa shape index (κ3) is 1.31. The minimum atomic E-state index is -0.307. The molecule has 1 spiro atoms. The molecule has 0 saturated carbocycles. The number of ketones is 1. The van der Waals surface area contributed by atoms with E-state index >= 15 is 0 Å². The molecule has 3 rings (SSSR count). The second kappa shape index (κ2) is 3.39. The summed E-state index contributed by atoms with van der Waals surface area (Å²) in [4.78, 5) is 12.3. The molecule has 1 saturated heterocycles. The fourth-order valence-electron chi connectivity index (χ4n) is 2.95. The Bertz CT molecular complexity index is 449. The fourth-order valence-corrected chi connectivity index (χ4v) is 2.95. The first-order valence-electron chi connectivity index (χ1n) is 5.75. The topological polar surface area (TPSA) is 29.1 Å². The van der Waals surface area contributed by atoms with E-state index in [2.05, 4.69) is 5.32 Å². The van der Waals surface area contributed by atoms with Gasteiger partial charge in [0.25, 0.3) is 0 Å². The molecule has 1 N–H and O–H groups in total. The number of Topliss-reactive ketones (excluding diaryl/α,β-unsaturated/α-hetero) is 1. The number of carbonyl (C=O) groups excluding carboxylic acids is 1. The first-order valence-corrected chi connectivity index (χ1v) is 5.75. The lowest BCUT2D eigenvalue weighted by atomic mass is 9.75. The van der Waals surface area contributed by atoms with E-state index in [1.54, 1.807) is 6.07 Å². The lowest BCUT2D eigenvalue weighted by Gasteiger charge is -2.31. The van der Waals surface area contributed by atoms with E-state index < -0.39 is 0 Å². The summed E-state index contributed by atoms with van der Waals surface area (Å²) in [6, 6.07) is 4.61. The van der Waals surface area contributed by atoms with Crippen molar-refractivity contribution in [3.8, 4) is 0 Å². The summed E-state index contributed by atoms with van der Waals surface area (Å²) in [7, 11) is 0. The Morgan fingerprint density at radius 3 is 2.75 bits per heavy atom. The summed E-state index contributed by atoms with van der Waals surface area (Å²) in [6.07, 6.45) is 2.55. The Hall–Kier alpha value is -1.22. The smallest absolute Gasteiger partial charge is 0.169 e. The molecule has 0 unspecified atom stereocenters. The van der Waals surface area contributed by atoms with Gasteiger partial charge in [0, 0.05) is 11.0 Å². The minimum absolute atomic E-state index is 0.156. The minimum Gasteiger partial charge on any atom is -0.317 e. The number of halogens is 1. The van der Waals surface area contributed by atoms with Crippen molar-refractivity contribution >= 4 is 5.78 Å². The molecule has 2 aliphatic rings. The van der Waals surface area contributed by atoms with Crippen LogP contribution in [0.2, 0.25) is 0 Å². The van der Waals surface area contributed by atoms with E-state index in [9.17, 15) is 9.18 Å². The van der Waals surface area contributed by atoms with E-state index in [4.69, 9.17) is 0 Å². The van der Waals surface area contributed by atoms with Crippen molar-refractivity contribution in [2.45, 2.75) is 19.3 Å². The molecule has 16 heavy (non-hydrogen) atoms. The molecule has 2 nitrogen and oxygen atoms in total. The van der Waals surface area contributed by atoms with Crippen LogP contribution >= 0.6 is 0 Å². The van der Waals surface area contributed by atoms with Crippen molar-refractivity contribution in [3.63, 3.8) is 0 Å². The van der Waals surface area contributed by atoms with Crippen molar-refractivity contribution in [3.05, 3.63) is 35.1 Å². The zero-order valence-electron chi connectivity index (χ0n) is 9.05. The first-order chi connectivity index (χ1) is 7.71. The van der Waals surface area contributed by atoms with Crippen LogP contribution < -0.4 is 5.32 Å². The molecule has 3 heteroatoms. The highest BCUT2D eigenvalue weighted by Gasteiger charge is 2.45. The van der Waals surface area contributed by atoms with Gasteiger partial charge in [-0.15, -0.1) is 0 Å².